The molecule has 0 unspecified atom stereocenters. The van der Waals surface area contributed by atoms with Crippen molar-refractivity contribution in [3.63, 3.8) is 0 Å². The zero-order chi connectivity index (χ0) is 21.8. The van der Waals surface area contributed by atoms with E-state index in [1.165, 1.54) is 12.1 Å². The molecule has 0 saturated heterocycles. The average Bonchev–Trinajstić information content (AvgIpc) is 3.14. The fourth-order valence-electron chi connectivity index (χ4n) is 2.97. The van der Waals surface area contributed by atoms with Gasteiger partial charge in [0.25, 0.3) is 5.69 Å². The van der Waals surface area contributed by atoms with Crippen LogP contribution >= 0.6 is 11.6 Å². The van der Waals surface area contributed by atoms with Gasteiger partial charge in [-0.05, 0) is 71.8 Å². The number of carbonyl (C=O) groups is 1. The molecule has 154 valence electrons. The molecule has 0 saturated carbocycles. The number of hydrogen-bond acceptors (Lipinski definition) is 5. The lowest BCUT2D eigenvalue weighted by Crippen LogP contribution is -1.97. The van der Waals surface area contributed by atoms with Crippen molar-refractivity contribution < 1.29 is 19.2 Å². The van der Waals surface area contributed by atoms with Crippen LogP contribution in [0.2, 0.25) is 5.02 Å². The molecule has 31 heavy (non-hydrogen) atoms. The SMILES string of the molecule is O=C1OC(c2ccc(Cl)cc2)=C/C1=C\c1ccc(OCc2ccc([N+](=O)[O-])cc2)cc1. The second kappa shape index (κ2) is 8.85. The van der Waals surface area contributed by atoms with Crippen LogP contribution in [-0.4, -0.2) is 10.9 Å². The zero-order valence-electron chi connectivity index (χ0n) is 16.2. The summed E-state index contributed by atoms with van der Waals surface area (Å²) in [5.41, 5.74) is 2.91. The first-order valence-corrected chi connectivity index (χ1v) is 9.73. The lowest BCUT2D eigenvalue weighted by Gasteiger charge is -2.06. The van der Waals surface area contributed by atoms with E-state index in [0.29, 0.717) is 22.1 Å². The second-order valence-corrected chi connectivity index (χ2v) is 7.22. The number of cyclic esters (lactones) is 1. The molecule has 0 amide bonds. The highest BCUT2D eigenvalue weighted by Crippen LogP contribution is 2.28. The Bertz CT molecular complexity index is 1180. The van der Waals surface area contributed by atoms with Gasteiger partial charge in [0.15, 0.2) is 0 Å². The molecule has 0 spiro atoms. The molecule has 1 aliphatic heterocycles. The minimum absolute atomic E-state index is 0.0415. The summed E-state index contributed by atoms with van der Waals surface area (Å²) in [6, 6.07) is 20.5. The highest BCUT2D eigenvalue weighted by atomic mass is 35.5. The highest BCUT2D eigenvalue weighted by molar-refractivity contribution is 6.30. The maximum Gasteiger partial charge on any atom is 0.343 e. The first-order chi connectivity index (χ1) is 15.0. The molecular formula is C24H16ClNO5. The normalized spacial score (nSPS) is 14.3. The Morgan fingerprint density at radius 1 is 0.968 bits per heavy atom. The zero-order valence-corrected chi connectivity index (χ0v) is 16.9. The van der Waals surface area contributed by atoms with E-state index >= 15 is 0 Å². The van der Waals surface area contributed by atoms with E-state index in [-0.39, 0.29) is 12.3 Å². The summed E-state index contributed by atoms with van der Waals surface area (Å²) in [7, 11) is 0. The fraction of sp³-hybridized carbons (Fsp3) is 0.0417. The number of nitrogens with zero attached hydrogens (tertiary/aromatic N) is 1. The number of rotatable bonds is 6. The molecule has 0 radical (unpaired) electrons. The van der Waals surface area contributed by atoms with E-state index in [0.717, 1.165) is 16.7 Å². The number of carbonyl (C=O) groups excluding carboxylic acids is 1. The van der Waals surface area contributed by atoms with Gasteiger partial charge in [0.2, 0.25) is 0 Å². The molecule has 1 aliphatic rings. The lowest BCUT2D eigenvalue weighted by atomic mass is 10.1. The van der Waals surface area contributed by atoms with Crippen molar-refractivity contribution in [3.05, 3.63) is 116 Å². The molecule has 6 nitrogen and oxygen atoms in total. The van der Waals surface area contributed by atoms with Crippen LogP contribution in [0, 0.1) is 10.1 Å². The lowest BCUT2D eigenvalue weighted by molar-refractivity contribution is -0.384. The summed E-state index contributed by atoms with van der Waals surface area (Å²) in [5.74, 6) is 0.714. The summed E-state index contributed by atoms with van der Waals surface area (Å²) in [5, 5.41) is 11.3. The largest absolute Gasteiger partial charge is 0.489 e. The number of non-ortho nitro benzene ring substituents is 1. The minimum atomic E-state index is -0.439. The third kappa shape index (κ3) is 4.99. The van der Waals surface area contributed by atoms with E-state index in [9.17, 15) is 14.9 Å². The van der Waals surface area contributed by atoms with Gasteiger partial charge in [-0.2, -0.15) is 0 Å². The summed E-state index contributed by atoms with van der Waals surface area (Å²) in [6.07, 6.45) is 3.44. The molecule has 0 fully saturated rings. The van der Waals surface area contributed by atoms with Crippen molar-refractivity contribution in [2.75, 3.05) is 0 Å². The molecule has 0 bridgehead atoms. The molecule has 0 atom stereocenters. The minimum Gasteiger partial charge on any atom is -0.489 e. The predicted octanol–water partition coefficient (Wildman–Crippen LogP) is 5.81. The van der Waals surface area contributed by atoms with Crippen molar-refractivity contribution in [1.82, 2.24) is 0 Å². The Hall–Kier alpha value is -3.90. The van der Waals surface area contributed by atoms with Gasteiger partial charge >= 0.3 is 5.97 Å². The third-order valence-corrected chi connectivity index (χ3v) is 4.86. The van der Waals surface area contributed by atoms with E-state index in [4.69, 9.17) is 21.1 Å². The van der Waals surface area contributed by atoms with Crippen LogP contribution in [0.15, 0.2) is 84.4 Å². The molecule has 4 rings (SSSR count). The smallest absolute Gasteiger partial charge is 0.343 e. The number of nitro benzene ring substituents is 1. The van der Waals surface area contributed by atoms with Crippen molar-refractivity contribution in [3.8, 4) is 5.75 Å². The molecule has 7 heteroatoms. The van der Waals surface area contributed by atoms with Gasteiger partial charge in [0.1, 0.15) is 18.1 Å². The quantitative estimate of drug-likeness (QED) is 0.212. The maximum atomic E-state index is 12.2. The molecule has 0 aromatic heterocycles. The van der Waals surface area contributed by atoms with Crippen LogP contribution in [0.25, 0.3) is 11.8 Å². The van der Waals surface area contributed by atoms with Crippen molar-refractivity contribution in [2.45, 2.75) is 6.61 Å². The number of nitro groups is 1. The monoisotopic (exact) mass is 433 g/mol. The summed E-state index contributed by atoms with van der Waals surface area (Å²) < 4.78 is 11.1. The van der Waals surface area contributed by atoms with Gasteiger partial charge in [0.05, 0.1) is 10.5 Å². The fourth-order valence-corrected chi connectivity index (χ4v) is 3.09. The van der Waals surface area contributed by atoms with Crippen molar-refractivity contribution >= 4 is 35.1 Å². The number of esters is 1. The topological polar surface area (TPSA) is 78.7 Å². The Kier molecular flexibility index (Phi) is 5.82. The van der Waals surface area contributed by atoms with Gasteiger partial charge in [-0.3, -0.25) is 10.1 Å². The van der Waals surface area contributed by atoms with Crippen molar-refractivity contribution in [2.24, 2.45) is 0 Å². The molecule has 3 aromatic rings. The summed E-state index contributed by atoms with van der Waals surface area (Å²) in [6.45, 7) is 0.290. The van der Waals surface area contributed by atoms with Crippen molar-refractivity contribution in [1.29, 1.82) is 0 Å². The van der Waals surface area contributed by atoms with Gasteiger partial charge in [0, 0.05) is 22.7 Å². The molecular weight excluding hydrogens is 418 g/mol. The number of hydrogen-bond donors (Lipinski definition) is 0. The van der Waals surface area contributed by atoms with Gasteiger partial charge < -0.3 is 9.47 Å². The molecule has 1 heterocycles. The highest BCUT2D eigenvalue weighted by Gasteiger charge is 2.21. The van der Waals surface area contributed by atoms with E-state index in [2.05, 4.69) is 0 Å². The van der Waals surface area contributed by atoms with Crippen LogP contribution in [-0.2, 0) is 16.1 Å². The summed E-state index contributed by atoms with van der Waals surface area (Å²) in [4.78, 5) is 22.4. The first-order valence-electron chi connectivity index (χ1n) is 9.36. The summed E-state index contributed by atoms with van der Waals surface area (Å²) >= 11 is 5.90. The first kappa shape index (κ1) is 20.4. The standard InChI is InChI=1S/C24H16ClNO5/c25-20-7-5-18(6-8-20)23-14-19(24(27)31-23)13-16-3-11-22(12-4-16)30-15-17-1-9-21(10-2-17)26(28)29/h1-14H,15H2/b19-13+. The van der Waals surface area contributed by atoms with Gasteiger partial charge in [-0.25, -0.2) is 4.79 Å². The number of benzene rings is 3. The molecule has 0 N–H and O–H groups in total. The average molecular weight is 434 g/mol. The van der Waals surface area contributed by atoms with Crippen LogP contribution in [0.3, 0.4) is 0 Å². The van der Waals surface area contributed by atoms with Crippen LogP contribution in [0.5, 0.6) is 5.75 Å². The Balaban J connectivity index is 1.41. The Labute approximate surface area is 183 Å². The number of halogens is 1. The van der Waals surface area contributed by atoms with E-state index in [1.807, 2.05) is 12.1 Å². The van der Waals surface area contributed by atoms with E-state index < -0.39 is 10.9 Å². The van der Waals surface area contributed by atoms with Gasteiger partial charge in [-0.1, -0.05) is 23.7 Å². The van der Waals surface area contributed by atoms with Gasteiger partial charge in [-0.15, -0.1) is 0 Å². The third-order valence-electron chi connectivity index (χ3n) is 4.61. The Morgan fingerprint density at radius 2 is 1.65 bits per heavy atom. The molecule has 3 aromatic carbocycles. The van der Waals surface area contributed by atoms with E-state index in [1.54, 1.807) is 60.7 Å². The predicted molar refractivity (Wildman–Crippen MR) is 117 cm³/mol. The number of ether oxygens (including phenoxy) is 2. The molecule has 0 aliphatic carbocycles. The second-order valence-electron chi connectivity index (χ2n) is 6.79. The maximum absolute atomic E-state index is 12.2. The van der Waals surface area contributed by atoms with Crippen LogP contribution in [0.4, 0.5) is 5.69 Å². The van der Waals surface area contributed by atoms with Crippen LogP contribution < -0.4 is 4.74 Å². The Morgan fingerprint density at radius 3 is 2.29 bits per heavy atom. The van der Waals surface area contributed by atoms with Crippen LogP contribution in [0.1, 0.15) is 16.7 Å².